The summed E-state index contributed by atoms with van der Waals surface area (Å²) < 4.78 is 21.3. The lowest BCUT2D eigenvalue weighted by Crippen LogP contribution is -2.48. The lowest BCUT2D eigenvalue weighted by atomic mass is 9.75. The summed E-state index contributed by atoms with van der Waals surface area (Å²) in [4.78, 5) is 12.5. The fraction of sp³-hybridized carbons (Fsp3) is 0.250. The van der Waals surface area contributed by atoms with Crippen molar-refractivity contribution in [1.82, 2.24) is 5.32 Å². The van der Waals surface area contributed by atoms with Gasteiger partial charge in [-0.15, -0.1) is 0 Å². The smallest absolute Gasteiger partial charge is 0.464 e. The molecule has 0 aliphatic carbocycles. The van der Waals surface area contributed by atoms with Gasteiger partial charge >= 0.3 is 7.12 Å². The molecule has 1 aromatic heterocycles. The molecule has 0 unspecified atom stereocenters. The van der Waals surface area contributed by atoms with Crippen LogP contribution >= 0.6 is 11.6 Å². The van der Waals surface area contributed by atoms with E-state index in [2.05, 4.69) is 9.68 Å². The number of carbonyl (C=O) groups excluding carboxylic acids is 1. The SMILES string of the molecule is CS(C)(=O)=Nc1ccc(CC(=O)N[C@@H](Cc2coc3ccccc23)B(O)O)c(Cl)c1. The number of rotatable bonds is 7. The first-order valence-electron chi connectivity index (χ1n) is 9.18. The average Bonchev–Trinajstić information content (AvgIpc) is 3.05. The second-order valence-electron chi connectivity index (χ2n) is 7.27. The number of nitrogens with zero attached hydrogens (tertiary/aromatic N) is 1. The fourth-order valence-electron chi connectivity index (χ4n) is 3.08. The molecule has 0 spiro atoms. The first-order chi connectivity index (χ1) is 14.1. The molecular weight excluding hydrogens is 427 g/mol. The van der Waals surface area contributed by atoms with Crippen molar-refractivity contribution in [1.29, 1.82) is 0 Å². The predicted molar refractivity (Wildman–Crippen MR) is 119 cm³/mol. The van der Waals surface area contributed by atoms with Crippen molar-refractivity contribution < 1.29 is 23.5 Å². The lowest BCUT2D eigenvalue weighted by molar-refractivity contribution is -0.120. The minimum atomic E-state index is -2.32. The Morgan fingerprint density at radius 2 is 1.97 bits per heavy atom. The lowest BCUT2D eigenvalue weighted by Gasteiger charge is -2.17. The summed E-state index contributed by atoms with van der Waals surface area (Å²) in [6.07, 6.45) is 4.72. The van der Waals surface area contributed by atoms with Crippen LogP contribution in [0.2, 0.25) is 5.02 Å². The van der Waals surface area contributed by atoms with E-state index in [1.807, 2.05) is 24.3 Å². The Balaban J connectivity index is 1.71. The Morgan fingerprint density at radius 1 is 1.23 bits per heavy atom. The number of hydrogen-bond acceptors (Lipinski definition) is 6. The zero-order valence-electron chi connectivity index (χ0n) is 16.5. The van der Waals surface area contributed by atoms with Gasteiger partial charge in [0, 0.05) is 32.6 Å². The minimum Gasteiger partial charge on any atom is -0.464 e. The van der Waals surface area contributed by atoms with E-state index < -0.39 is 28.7 Å². The van der Waals surface area contributed by atoms with Gasteiger partial charge in [-0.2, -0.15) is 4.36 Å². The molecule has 3 aromatic rings. The van der Waals surface area contributed by atoms with E-state index in [-0.39, 0.29) is 12.8 Å². The summed E-state index contributed by atoms with van der Waals surface area (Å²) in [5.41, 5.74) is 2.46. The third kappa shape index (κ3) is 5.85. The zero-order chi connectivity index (χ0) is 21.9. The van der Waals surface area contributed by atoms with Gasteiger partial charge < -0.3 is 19.8 Å². The normalized spacial score (nSPS) is 12.6. The topological polar surface area (TPSA) is 112 Å². The van der Waals surface area contributed by atoms with Gasteiger partial charge in [-0.05, 0) is 35.7 Å². The van der Waals surface area contributed by atoms with Crippen LogP contribution in [0, 0.1) is 0 Å². The highest BCUT2D eigenvalue weighted by Gasteiger charge is 2.27. The van der Waals surface area contributed by atoms with Crippen LogP contribution < -0.4 is 5.32 Å². The van der Waals surface area contributed by atoms with Crippen LogP contribution in [0.5, 0.6) is 0 Å². The van der Waals surface area contributed by atoms with E-state index in [4.69, 9.17) is 16.0 Å². The van der Waals surface area contributed by atoms with Crippen LogP contribution in [0.1, 0.15) is 11.1 Å². The molecule has 0 aliphatic heterocycles. The molecule has 7 nitrogen and oxygen atoms in total. The van der Waals surface area contributed by atoms with E-state index in [9.17, 15) is 19.1 Å². The van der Waals surface area contributed by atoms with E-state index >= 15 is 0 Å². The molecule has 1 heterocycles. The Bertz CT molecular complexity index is 1180. The molecule has 2 aromatic carbocycles. The van der Waals surface area contributed by atoms with Gasteiger partial charge in [-0.1, -0.05) is 35.9 Å². The number of nitrogens with one attached hydrogen (secondary N) is 1. The number of carbonyl (C=O) groups is 1. The highest BCUT2D eigenvalue weighted by molar-refractivity contribution is 7.92. The maximum absolute atomic E-state index is 12.5. The summed E-state index contributed by atoms with van der Waals surface area (Å²) >= 11 is 6.24. The molecule has 158 valence electrons. The standard InChI is InChI=1S/C20H22BClN2O5S/c1-30(2,28)24-15-8-7-13(17(22)11-15)10-20(25)23-19(21(26)27)9-14-12-29-18-6-4-3-5-16(14)18/h3-8,11-12,19,26-27H,9-10H2,1-2H3,(H,23,25)/t19-/m0/s1. The highest BCUT2D eigenvalue weighted by atomic mass is 35.5. The number of amides is 1. The van der Waals surface area contributed by atoms with Crippen LogP contribution in [-0.4, -0.2) is 45.7 Å². The van der Waals surface area contributed by atoms with Crippen LogP contribution in [0.3, 0.4) is 0 Å². The van der Waals surface area contributed by atoms with E-state index in [1.165, 1.54) is 12.5 Å². The van der Waals surface area contributed by atoms with Crippen molar-refractivity contribution >= 4 is 51.0 Å². The number of para-hydroxylation sites is 1. The van der Waals surface area contributed by atoms with Crippen molar-refractivity contribution in [2.24, 2.45) is 4.36 Å². The van der Waals surface area contributed by atoms with E-state index in [0.717, 1.165) is 10.9 Å². The molecule has 0 bridgehead atoms. The quantitative estimate of drug-likeness (QED) is 0.481. The molecule has 1 atom stereocenters. The number of furan rings is 1. The van der Waals surface area contributed by atoms with Crippen molar-refractivity contribution in [2.45, 2.75) is 18.8 Å². The van der Waals surface area contributed by atoms with Gasteiger partial charge in [-0.3, -0.25) is 4.79 Å². The Kier molecular flexibility index (Phi) is 6.87. The van der Waals surface area contributed by atoms with E-state index in [0.29, 0.717) is 21.9 Å². The number of fused-ring (bicyclic) bond motifs is 1. The minimum absolute atomic E-state index is 0.0535. The fourth-order valence-corrected chi connectivity index (χ4v) is 3.94. The maximum atomic E-state index is 12.5. The van der Waals surface area contributed by atoms with Gasteiger partial charge in [-0.25, -0.2) is 4.21 Å². The van der Waals surface area contributed by atoms with Gasteiger partial charge in [0.2, 0.25) is 5.91 Å². The Morgan fingerprint density at radius 3 is 2.63 bits per heavy atom. The zero-order valence-corrected chi connectivity index (χ0v) is 18.1. The Labute approximate surface area is 180 Å². The molecule has 0 fully saturated rings. The summed E-state index contributed by atoms with van der Waals surface area (Å²) in [6, 6.07) is 12.2. The van der Waals surface area contributed by atoms with Gasteiger partial charge in [0.05, 0.1) is 24.3 Å². The first kappa shape index (κ1) is 22.4. The van der Waals surface area contributed by atoms with Crippen molar-refractivity contribution in [3.63, 3.8) is 0 Å². The van der Waals surface area contributed by atoms with Crippen molar-refractivity contribution in [3.8, 4) is 0 Å². The van der Waals surface area contributed by atoms with Crippen molar-refractivity contribution in [3.05, 3.63) is 64.9 Å². The first-order valence-corrected chi connectivity index (χ1v) is 11.9. The average molecular weight is 449 g/mol. The second-order valence-corrected chi connectivity index (χ2v) is 10.2. The van der Waals surface area contributed by atoms with Crippen LogP contribution in [0.15, 0.2) is 57.5 Å². The summed E-state index contributed by atoms with van der Waals surface area (Å²) in [6.45, 7) is 0. The highest BCUT2D eigenvalue weighted by Crippen LogP contribution is 2.25. The molecule has 10 heteroatoms. The molecule has 0 radical (unpaired) electrons. The molecule has 30 heavy (non-hydrogen) atoms. The summed E-state index contributed by atoms with van der Waals surface area (Å²) in [7, 11) is -4.07. The number of benzene rings is 2. The van der Waals surface area contributed by atoms with Crippen molar-refractivity contribution in [2.75, 3.05) is 12.5 Å². The second kappa shape index (κ2) is 9.22. The monoisotopic (exact) mass is 448 g/mol. The van der Waals surface area contributed by atoms with Crippen LogP contribution in [-0.2, 0) is 27.4 Å². The molecule has 0 aliphatic rings. The van der Waals surface area contributed by atoms with Crippen LogP contribution in [0.4, 0.5) is 5.69 Å². The number of halogens is 1. The third-order valence-electron chi connectivity index (χ3n) is 4.42. The molecule has 0 saturated carbocycles. The third-order valence-corrected chi connectivity index (χ3v) is 5.42. The molecule has 3 rings (SSSR count). The predicted octanol–water partition coefficient (Wildman–Crippen LogP) is 2.73. The van der Waals surface area contributed by atoms with Gasteiger partial charge in [0.25, 0.3) is 0 Å². The summed E-state index contributed by atoms with van der Waals surface area (Å²) in [5, 5.41) is 23.3. The molecule has 0 saturated heterocycles. The maximum Gasteiger partial charge on any atom is 0.475 e. The summed E-state index contributed by atoms with van der Waals surface area (Å²) in [5.74, 6) is -1.33. The van der Waals surface area contributed by atoms with Gasteiger partial charge in [0.1, 0.15) is 5.58 Å². The van der Waals surface area contributed by atoms with Crippen LogP contribution in [0.25, 0.3) is 11.0 Å². The molecule has 3 N–H and O–H groups in total. The Hall–Kier alpha value is -2.33. The largest absolute Gasteiger partial charge is 0.475 e. The van der Waals surface area contributed by atoms with E-state index in [1.54, 1.807) is 24.5 Å². The molecule has 1 amide bonds. The molecular formula is C20H22BClN2O5S. The van der Waals surface area contributed by atoms with Gasteiger partial charge in [0.15, 0.2) is 0 Å². The number of hydrogen-bond donors (Lipinski definition) is 3.